The first-order valence-corrected chi connectivity index (χ1v) is 5.98. The highest BCUT2D eigenvalue weighted by molar-refractivity contribution is 7.09. The maximum absolute atomic E-state index is 9.66. The van der Waals surface area contributed by atoms with Gasteiger partial charge in [0.05, 0.1) is 11.6 Å². The molecule has 0 aromatic carbocycles. The molecule has 78 valence electrons. The molecule has 1 aliphatic carbocycles. The van der Waals surface area contributed by atoms with Gasteiger partial charge in [-0.2, -0.15) is 0 Å². The number of aliphatic hydroxyl groups excluding tert-OH is 1. The zero-order valence-corrected chi connectivity index (χ0v) is 9.13. The second kappa shape index (κ2) is 4.38. The van der Waals surface area contributed by atoms with Gasteiger partial charge in [-0.25, -0.2) is 0 Å². The van der Waals surface area contributed by atoms with Gasteiger partial charge in [0.15, 0.2) is 0 Å². The van der Waals surface area contributed by atoms with E-state index in [2.05, 4.69) is 17.2 Å². The minimum Gasteiger partial charge on any atom is -0.392 e. The van der Waals surface area contributed by atoms with Crippen LogP contribution in [0.5, 0.6) is 0 Å². The Labute approximate surface area is 88.2 Å². The van der Waals surface area contributed by atoms with Crippen LogP contribution in [0.25, 0.3) is 0 Å². The molecular weight excluding hydrogens is 196 g/mol. The van der Waals surface area contributed by atoms with Crippen molar-refractivity contribution in [3.8, 4) is 0 Å². The number of hydrogen-bond acceptors (Lipinski definition) is 4. The number of nitrogens with zero attached hydrogens (tertiary/aromatic N) is 1. The third-order valence-corrected chi connectivity index (χ3v) is 3.78. The molecule has 0 amide bonds. The number of hydrogen-bond donors (Lipinski definition) is 2. The van der Waals surface area contributed by atoms with E-state index in [4.69, 9.17) is 0 Å². The number of aliphatic hydroxyl groups is 1. The Morgan fingerprint density at radius 2 is 2.50 bits per heavy atom. The zero-order chi connectivity index (χ0) is 9.97. The van der Waals surface area contributed by atoms with Crippen LogP contribution in [0.2, 0.25) is 0 Å². The fourth-order valence-corrected chi connectivity index (χ4v) is 2.61. The van der Waals surface area contributed by atoms with Crippen LogP contribution < -0.4 is 5.32 Å². The zero-order valence-electron chi connectivity index (χ0n) is 8.31. The van der Waals surface area contributed by atoms with Crippen molar-refractivity contribution in [3.63, 3.8) is 0 Å². The number of aromatic nitrogens is 1. The Morgan fingerprint density at radius 3 is 3.07 bits per heavy atom. The molecule has 1 saturated carbocycles. The molecule has 1 aromatic rings. The fraction of sp³-hybridized carbons (Fsp3) is 0.700. The molecule has 3 atom stereocenters. The predicted molar refractivity (Wildman–Crippen MR) is 57.3 cm³/mol. The van der Waals surface area contributed by atoms with E-state index in [0.29, 0.717) is 6.04 Å². The SMILES string of the molecule is CC(NC1CCCC1O)c1cncs1. The lowest BCUT2D eigenvalue weighted by molar-refractivity contribution is 0.144. The van der Waals surface area contributed by atoms with Crippen molar-refractivity contribution in [2.45, 2.75) is 44.4 Å². The van der Waals surface area contributed by atoms with Gasteiger partial charge >= 0.3 is 0 Å². The van der Waals surface area contributed by atoms with Gasteiger partial charge < -0.3 is 10.4 Å². The molecule has 1 fully saturated rings. The quantitative estimate of drug-likeness (QED) is 0.801. The molecule has 14 heavy (non-hydrogen) atoms. The van der Waals surface area contributed by atoms with Crippen LogP contribution in [0, 0.1) is 0 Å². The van der Waals surface area contributed by atoms with Crippen molar-refractivity contribution in [3.05, 3.63) is 16.6 Å². The first-order valence-electron chi connectivity index (χ1n) is 5.10. The summed E-state index contributed by atoms with van der Waals surface area (Å²) in [5.74, 6) is 0. The number of nitrogens with one attached hydrogen (secondary N) is 1. The molecule has 2 rings (SSSR count). The fourth-order valence-electron chi connectivity index (χ4n) is 1.98. The second-order valence-corrected chi connectivity index (χ2v) is 4.81. The van der Waals surface area contributed by atoms with Gasteiger partial charge in [-0.15, -0.1) is 11.3 Å². The molecule has 0 radical (unpaired) electrons. The van der Waals surface area contributed by atoms with Crippen molar-refractivity contribution in [1.82, 2.24) is 10.3 Å². The van der Waals surface area contributed by atoms with Crippen molar-refractivity contribution in [1.29, 1.82) is 0 Å². The van der Waals surface area contributed by atoms with Crippen LogP contribution in [0.3, 0.4) is 0 Å². The monoisotopic (exact) mass is 212 g/mol. The first-order chi connectivity index (χ1) is 6.77. The summed E-state index contributed by atoms with van der Waals surface area (Å²) in [6.07, 6.45) is 4.89. The van der Waals surface area contributed by atoms with Gasteiger partial charge in [0.25, 0.3) is 0 Å². The maximum atomic E-state index is 9.66. The lowest BCUT2D eigenvalue weighted by Gasteiger charge is -2.20. The molecule has 1 aliphatic rings. The summed E-state index contributed by atoms with van der Waals surface area (Å²) in [5.41, 5.74) is 1.85. The minimum atomic E-state index is -0.162. The third-order valence-electron chi connectivity index (χ3n) is 2.82. The van der Waals surface area contributed by atoms with E-state index in [-0.39, 0.29) is 12.1 Å². The molecule has 0 aliphatic heterocycles. The molecule has 0 spiro atoms. The Hall–Kier alpha value is -0.450. The van der Waals surface area contributed by atoms with Gasteiger partial charge in [-0.3, -0.25) is 4.98 Å². The van der Waals surface area contributed by atoms with E-state index in [1.54, 1.807) is 11.3 Å². The molecular formula is C10H16N2OS. The smallest absolute Gasteiger partial charge is 0.0794 e. The van der Waals surface area contributed by atoms with Gasteiger partial charge in [0.1, 0.15) is 0 Å². The van der Waals surface area contributed by atoms with E-state index in [0.717, 1.165) is 19.3 Å². The molecule has 1 heterocycles. The molecule has 1 aromatic heterocycles. The van der Waals surface area contributed by atoms with Crippen LogP contribution in [-0.2, 0) is 0 Å². The summed E-state index contributed by atoms with van der Waals surface area (Å²) < 4.78 is 0. The summed E-state index contributed by atoms with van der Waals surface area (Å²) >= 11 is 1.66. The Morgan fingerprint density at radius 1 is 1.64 bits per heavy atom. The van der Waals surface area contributed by atoms with Crippen molar-refractivity contribution in [2.75, 3.05) is 0 Å². The van der Waals surface area contributed by atoms with E-state index in [1.807, 2.05) is 11.7 Å². The molecule has 0 saturated heterocycles. The maximum Gasteiger partial charge on any atom is 0.0794 e. The van der Waals surface area contributed by atoms with E-state index in [1.165, 1.54) is 4.88 Å². The van der Waals surface area contributed by atoms with Crippen LogP contribution in [0.15, 0.2) is 11.7 Å². The highest BCUT2D eigenvalue weighted by atomic mass is 32.1. The van der Waals surface area contributed by atoms with E-state index < -0.39 is 0 Å². The molecule has 4 heteroatoms. The largest absolute Gasteiger partial charge is 0.392 e. The molecule has 2 N–H and O–H groups in total. The number of rotatable bonds is 3. The minimum absolute atomic E-state index is 0.162. The molecule has 0 bridgehead atoms. The summed E-state index contributed by atoms with van der Waals surface area (Å²) in [5, 5.41) is 13.1. The lowest BCUT2D eigenvalue weighted by Crippen LogP contribution is -2.36. The normalized spacial score (nSPS) is 29.3. The van der Waals surface area contributed by atoms with Crippen molar-refractivity contribution < 1.29 is 5.11 Å². The van der Waals surface area contributed by atoms with E-state index >= 15 is 0 Å². The predicted octanol–water partition coefficient (Wildman–Crippen LogP) is 1.71. The topological polar surface area (TPSA) is 45.1 Å². The molecule has 3 unspecified atom stereocenters. The summed E-state index contributed by atoms with van der Waals surface area (Å²) in [7, 11) is 0. The second-order valence-electron chi connectivity index (χ2n) is 3.90. The van der Waals surface area contributed by atoms with Crippen molar-refractivity contribution >= 4 is 11.3 Å². The first kappa shape index (κ1) is 10.1. The highest BCUT2D eigenvalue weighted by Gasteiger charge is 2.26. The third kappa shape index (κ3) is 2.13. The standard InChI is InChI=1S/C10H16N2OS/c1-7(10-5-11-6-14-10)12-8-3-2-4-9(8)13/h5-9,12-13H,2-4H2,1H3. The molecule has 3 nitrogen and oxygen atoms in total. The van der Waals surface area contributed by atoms with Gasteiger partial charge in [-0.1, -0.05) is 0 Å². The average Bonchev–Trinajstić information content (AvgIpc) is 2.77. The highest BCUT2D eigenvalue weighted by Crippen LogP contribution is 2.23. The van der Waals surface area contributed by atoms with Gasteiger partial charge in [0.2, 0.25) is 0 Å². The Balaban J connectivity index is 1.91. The van der Waals surface area contributed by atoms with Gasteiger partial charge in [-0.05, 0) is 26.2 Å². The van der Waals surface area contributed by atoms with Crippen LogP contribution in [-0.4, -0.2) is 22.2 Å². The Bertz CT molecular complexity index is 276. The van der Waals surface area contributed by atoms with Crippen LogP contribution in [0.1, 0.15) is 37.1 Å². The average molecular weight is 212 g/mol. The summed E-state index contributed by atoms with van der Waals surface area (Å²) in [6.45, 7) is 2.12. The van der Waals surface area contributed by atoms with E-state index in [9.17, 15) is 5.11 Å². The van der Waals surface area contributed by atoms with Crippen LogP contribution >= 0.6 is 11.3 Å². The van der Waals surface area contributed by atoms with Crippen LogP contribution in [0.4, 0.5) is 0 Å². The van der Waals surface area contributed by atoms with Gasteiger partial charge in [0, 0.05) is 23.2 Å². The van der Waals surface area contributed by atoms with Crippen molar-refractivity contribution in [2.24, 2.45) is 0 Å². The Kier molecular flexibility index (Phi) is 3.15. The number of thiazole rings is 1. The lowest BCUT2D eigenvalue weighted by atomic mass is 10.2. The summed E-state index contributed by atoms with van der Waals surface area (Å²) in [6, 6.07) is 0.576. The summed E-state index contributed by atoms with van der Waals surface area (Å²) in [4.78, 5) is 5.29.